The summed E-state index contributed by atoms with van der Waals surface area (Å²) in [6, 6.07) is 0. The molecule has 2 rings (SSSR count). The minimum absolute atomic E-state index is 0.757. The van der Waals surface area contributed by atoms with Gasteiger partial charge in [-0.3, -0.25) is 10.4 Å². The molecule has 5 nitrogen and oxygen atoms in total. The van der Waals surface area contributed by atoms with Gasteiger partial charge in [0.2, 0.25) is 5.96 Å². The van der Waals surface area contributed by atoms with Crippen molar-refractivity contribution < 1.29 is 4.74 Å². The lowest BCUT2D eigenvalue weighted by atomic mass is 10.3. The van der Waals surface area contributed by atoms with Crippen LogP contribution in [0.4, 0.5) is 0 Å². The van der Waals surface area contributed by atoms with Gasteiger partial charge in [-0.2, -0.15) is 0 Å². The molecule has 18 heavy (non-hydrogen) atoms. The molecule has 0 unspecified atom stereocenters. The van der Waals surface area contributed by atoms with Gasteiger partial charge in [-0.05, 0) is 43.9 Å². The molecule has 0 bridgehead atoms. The normalized spacial score (nSPS) is 20.0. The third kappa shape index (κ3) is 4.82. The number of nitrogens with two attached hydrogens (primary N) is 1. The Morgan fingerprint density at radius 3 is 2.33 bits per heavy atom. The lowest BCUT2D eigenvalue weighted by Gasteiger charge is -2.25. The minimum Gasteiger partial charge on any atom is -0.385 e. The van der Waals surface area contributed by atoms with Crippen molar-refractivity contribution in [3.05, 3.63) is 0 Å². The predicted octanol–water partition coefficient (Wildman–Crippen LogP) is 0.964. The van der Waals surface area contributed by atoms with Crippen LogP contribution in [-0.2, 0) is 4.74 Å². The van der Waals surface area contributed by atoms with Crippen LogP contribution in [-0.4, -0.2) is 44.2 Å². The van der Waals surface area contributed by atoms with E-state index in [0.29, 0.717) is 0 Å². The molecule has 104 valence electrons. The van der Waals surface area contributed by atoms with Crippen molar-refractivity contribution >= 4 is 5.96 Å². The van der Waals surface area contributed by atoms with Gasteiger partial charge in [0.25, 0.3) is 0 Å². The highest BCUT2D eigenvalue weighted by molar-refractivity contribution is 5.79. The van der Waals surface area contributed by atoms with Crippen molar-refractivity contribution in [2.45, 2.75) is 32.1 Å². The summed E-state index contributed by atoms with van der Waals surface area (Å²) >= 11 is 0. The van der Waals surface area contributed by atoms with Crippen molar-refractivity contribution in [3.63, 3.8) is 0 Å². The van der Waals surface area contributed by atoms with E-state index in [2.05, 4.69) is 15.3 Å². The first-order valence-electron chi connectivity index (χ1n) is 7.08. The van der Waals surface area contributed by atoms with Gasteiger partial charge < -0.3 is 9.64 Å². The summed E-state index contributed by atoms with van der Waals surface area (Å²) in [5.41, 5.74) is 2.78. The minimum atomic E-state index is 0.757. The quantitative estimate of drug-likeness (QED) is 0.223. The summed E-state index contributed by atoms with van der Waals surface area (Å²) in [7, 11) is 1.72. The molecule has 0 atom stereocenters. The van der Waals surface area contributed by atoms with Gasteiger partial charge in [0.05, 0.1) is 0 Å². The fourth-order valence-electron chi connectivity index (χ4n) is 2.10. The van der Waals surface area contributed by atoms with Crippen LogP contribution >= 0.6 is 0 Å². The zero-order valence-electron chi connectivity index (χ0n) is 11.4. The fourth-order valence-corrected chi connectivity index (χ4v) is 2.10. The number of nitrogens with one attached hydrogen (secondary N) is 1. The van der Waals surface area contributed by atoms with Crippen molar-refractivity contribution in [1.82, 2.24) is 10.3 Å². The average Bonchev–Trinajstić information content (AvgIpc) is 3.24. The molecule has 2 aliphatic rings. The number of hydrazine groups is 1. The van der Waals surface area contributed by atoms with E-state index >= 15 is 0 Å². The molecular formula is C13H26N4O. The van der Waals surface area contributed by atoms with Gasteiger partial charge in [0, 0.05) is 33.4 Å². The Labute approximate surface area is 110 Å². The zero-order chi connectivity index (χ0) is 12.8. The van der Waals surface area contributed by atoms with Crippen LogP contribution in [0.25, 0.3) is 0 Å². The Kier molecular flexibility index (Phi) is 5.26. The van der Waals surface area contributed by atoms with Crippen molar-refractivity contribution in [2.75, 3.05) is 33.4 Å². The zero-order valence-corrected chi connectivity index (χ0v) is 11.4. The summed E-state index contributed by atoms with van der Waals surface area (Å²) in [5.74, 6) is 8.22. The molecule has 0 radical (unpaired) electrons. The van der Waals surface area contributed by atoms with E-state index in [-0.39, 0.29) is 0 Å². The number of ether oxygens (including phenoxy) is 1. The third-order valence-electron chi connectivity index (χ3n) is 3.55. The van der Waals surface area contributed by atoms with Crippen LogP contribution in [0.15, 0.2) is 4.99 Å². The Morgan fingerprint density at radius 1 is 1.28 bits per heavy atom. The maximum Gasteiger partial charge on any atom is 0.208 e. The van der Waals surface area contributed by atoms with E-state index in [1.54, 1.807) is 7.11 Å². The van der Waals surface area contributed by atoms with Crippen LogP contribution in [0.1, 0.15) is 32.1 Å². The van der Waals surface area contributed by atoms with Crippen LogP contribution < -0.4 is 11.3 Å². The summed E-state index contributed by atoms with van der Waals surface area (Å²) in [5, 5.41) is 0. The van der Waals surface area contributed by atoms with Crippen molar-refractivity contribution in [1.29, 1.82) is 0 Å². The highest BCUT2D eigenvalue weighted by Gasteiger charge is 2.30. The highest BCUT2D eigenvalue weighted by atomic mass is 16.5. The fraction of sp³-hybridized carbons (Fsp3) is 0.923. The largest absolute Gasteiger partial charge is 0.385 e. The summed E-state index contributed by atoms with van der Waals surface area (Å²) in [6.07, 6.45) is 6.40. The number of methoxy groups -OCH3 is 1. The summed E-state index contributed by atoms with van der Waals surface area (Å²) in [6.45, 7) is 3.76. The number of guanidine groups is 1. The molecule has 0 amide bonds. The number of hydrogen-bond donors (Lipinski definition) is 2. The molecule has 0 aliphatic heterocycles. The molecule has 0 aromatic rings. The molecule has 0 aromatic carbocycles. The standard InChI is InChI=1S/C13H26N4O/c1-18-8-2-7-15-13(16-14)17(9-11-3-4-11)10-12-5-6-12/h11-12H,2-10,14H2,1H3,(H,15,16). The third-order valence-corrected chi connectivity index (χ3v) is 3.55. The van der Waals surface area contributed by atoms with E-state index in [9.17, 15) is 0 Å². The number of nitrogens with zero attached hydrogens (tertiary/aromatic N) is 2. The Morgan fingerprint density at radius 2 is 1.89 bits per heavy atom. The van der Waals surface area contributed by atoms with Gasteiger partial charge >= 0.3 is 0 Å². The van der Waals surface area contributed by atoms with Crippen LogP contribution in [0.3, 0.4) is 0 Å². The van der Waals surface area contributed by atoms with Crippen molar-refractivity contribution in [3.8, 4) is 0 Å². The Bertz CT molecular complexity index is 260. The lowest BCUT2D eigenvalue weighted by molar-refractivity contribution is 0.196. The van der Waals surface area contributed by atoms with E-state index < -0.39 is 0 Å². The molecule has 3 N–H and O–H groups in total. The number of rotatable bonds is 8. The first-order valence-corrected chi connectivity index (χ1v) is 7.08. The maximum absolute atomic E-state index is 5.63. The molecule has 0 saturated heterocycles. The van der Waals surface area contributed by atoms with Gasteiger partial charge in [0.15, 0.2) is 0 Å². The topological polar surface area (TPSA) is 62.9 Å². The van der Waals surface area contributed by atoms with Gasteiger partial charge in [-0.15, -0.1) is 0 Å². The average molecular weight is 254 g/mol. The molecule has 2 saturated carbocycles. The first-order chi connectivity index (χ1) is 8.83. The van der Waals surface area contributed by atoms with E-state index in [1.807, 2.05) is 0 Å². The molecule has 2 aliphatic carbocycles. The predicted molar refractivity (Wildman–Crippen MR) is 73.1 cm³/mol. The van der Waals surface area contributed by atoms with Crippen LogP contribution in [0.5, 0.6) is 0 Å². The second-order valence-electron chi connectivity index (χ2n) is 5.49. The maximum atomic E-state index is 5.63. The van der Waals surface area contributed by atoms with E-state index in [1.165, 1.54) is 25.7 Å². The van der Waals surface area contributed by atoms with Gasteiger partial charge in [0.1, 0.15) is 0 Å². The van der Waals surface area contributed by atoms with Gasteiger partial charge in [-0.25, -0.2) is 5.84 Å². The summed E-state index contributed by atoms with van der Waals surface area (Å²) in [4.78, 5) is 6.92. The van der Waals surface area contributed by atoms with E-state index in [4.69, 9.17) is 10.6 Å². The second kappa shape index (κ2) is 6.95. The van der Waals surface area contributed by atoms with E-state index in [0.717, 1.165) is 50.5 Å². The van der Waals surface area contributed by atoms with Crippen molar-refractivity contribution in [2.24, 2.45) is 22.7 Å². The lowest BCUT2D eigenvalue weighted by Crippen LogP contribution is -2.46. The first kappa shape index (κ1) is 13.6. The second-order valence-corrected chi connectivity index (χ2v) is 5.49. The smallest absolute Gasteiger partial charge is 0.208 e. The monoisotopic (exact) mass is 254 g/mol. The molecule has 5 heteroatoms. The molecule has 0 spiro atoms. The molecule has 2 fully saturated rings. The van der Waals surface area contributed by atoms with Crippen LogP contribution in [0, 0.1) is 11.8 Å². The molecule has 0 aromatic heterocycles. The number of hydrogen-bond acceptors (Lipinski definition) is 3. The Hall–Kier alpha value is -0.810. The highest BCUT2D eigenvalue weighted by Crippen LogP contribution is 2.33. The Balaban J connectivity index is 1.82. The molecular weight excluding hydrogens is 228 g/mol. The van der Waals surface area contributed by atoms with Gasteiger partial charge in [-0.1, -0.05) is 0 Å². The van der Waals surface area contributed by atoms with Crippen LogP contribution in [0.2, 0.25) is 0 Å². The molecule has 0 heterocycles. The summed E-state index contributed by atoms with van der Waals surface area (Å²) < 4.78 is 5.03. The number of aliphatic imine (C=N–C) groups is 1. The SMILES string of the molecule is COCCCN=C(NN)N(CC1CC1)CC1CC1.